The van der Waals surface area contributed by atoms with Crippen LogP contribution in [0, 0.1) is 11.3 Å². The molecule has 16 heavy (non-hydrogen) atoms. The molecule has 0 aromatic rings. The van der Waals surface area contributed by atoms with E-state index < -0.39 is 0 Å². The van der Waals surface area contributed by atoms with Gasteiger partial charge < -0.3 is 15.4 Å². The van der Waals surface area contributed by atoms with Crippen LogP contribution in [0.25, 0.3) is 0 Å². The van der Waals surface area contributed by atoms with Crippen LogP contribution in [-0.2, 0) is 9.53 Å². The lowest BCUT2D eigenvalue weighted by Crippen LogP contribution is -2.45. The van der Waals surface area contributed by atoms with E-state index in [1.54, 1.807) is 0 Å². The fourth-order valence-electron chi connectivity index (χ4n) is 1.76. The van der Waals surface area contributed by atoms with Crippen LogP contribution in [0.3, 0.4) is 0 Å². The molecule has 94 valence electrons. The van der Waals surface area contributed by atoms with Gasteiger partial charge in [0.15, 0.2) is 0 Å². The normalized spacial score (nSPS) is 25.8. The van der Waals surface area contributed by atoms with E-state index in [0.29, 0.717) is 19.8 Å². The van der Waals surface area contributed by atoms with E-state index in [-0.39, 0.29) is 23.3 Å². The van der Waals surface area contributed by atoms with Crippen molar-refractivity contribution in [3.05, 3.63) is 0 Å². The van der Waals surface area contributed by atoms with Crippen molar-refractivity contribution in [2.45, 2.75) is 33.7 Å². The van der Waals surface area contributed by atoms with Gasteiger partial charge in [0, 0.05) is 12.6 Å². The smallest absolute Gasteiger partial charge is 0.227 e. The molecule has 1 aliphatic rings. The van der Waals surface area contributed by atoms with Crippen LogP contribution in [0.2, 0.25) is 0 Å². The molecule has 2 atom stereocenters. The van der Waals surface area contributed by atoms with Crippen LogP contribution in [0.1, 0.15) is 27.7 Å². The highest BCUT2D eigenvalue weighted by atomic mass is 16.5. The molecule has 1 aliphatic heterocycles. The van der Waals surface area contributed by atoms with Crippen LogP contribution in [0.4, 0.5) is 0 Å². The number of rotatable bonds is 4. The number of hydrogen-bond acceptors (Lipinski definition) is 3. The zero-order chi connectivity index (χ0) is 12.2. The van der Waals surface area contributed by atoms with Gasteiger partial charge in [-0.25, -0.2) is 0 Å². The summed E-state index contributed by atoms with van der Waals surface area (Å²) in [5.41, 5.74) is 0.128. The van der Waals surface area contributed by atoms with E-state index in [9.17, 15) is 4.79 Å². The molecule has 0 aliphatic carbocycles. The highest BCUT2D eigenvalue weighted by Crippen LogP contribution is 2.15. The van der Waals surface area contributed by atoms with E-state index in [1.807, 2.05) is 6.92 Å². The topological polar surface area (TPSA) is 50.4 Å². The minimum Gasteiger partial charge on any atom is -0.379 e. The van der Waals surface area contributed by atoms with Crippen molar-refractivity contribution in [3.63, 3.8) is 0 Å². The third-order valence-electron chi connectivity index (χ3n) is 2.68. The van der Waals surface area contributed by atoms with E-state index in [0.717, 1.165) is 6.54 Å². The summed E-state index contributed by atoms with van der Waals surface area (Å²) >= 11 is 0. The summed E-state index contributed by atoms with van der Waals surface area (Å²) in [5, 5.41) is 6.28. The predicted molar refractivity (Wildman–Crippen MR) is 64.2 cm³/mol. The second kappa shape index (κ2) is 5.64. The van der Waals surface area contributed by atoms with E-state index in [2.05, 4.69) is 31.4 Å². The average molecular weight is 228 g/mol. The molecule has 1 fully saturated rings. The molecule has 1 rings (SSSR count). The molecular weight excluding hydrogens is 204 g/mol. The van der Waals surface area contributed by atoms with Gasteiger partial charge >= 0.3 is 0 Å². The van der Waals surface area contributed by atoms with Crippen molar-refractivity contribution in [3.8, 4) is 0 Å². The van der Waals surface area contributed by atoms with Crippen LogP contribution >= 0.6 is 0 Å². The maximum absolute atomic E-state index is 11.9. The first kappa shape index (κ1) is 13.5. The van der Waals surface area contributed by atoms with Gasteiger partial charge in [-0.3, -0.25) is 4.79 Å². The van der Waals surface area contributed by atoms with E-state index in [4.69, 9.17) is 4.74 Å². The summed E-state index contributed by atoms with van der Waals surface area (Å²) in [7, 11) is 0. The lowest BCUT2D eigenvalue weighted by Gasteiger charge is -2.22. The fraction of sp³-hybridized carbons (Fsp3) is 0.917. The second-order valence-corrected chi connectivity index (χ2v) is 5.59. The van der Waals surface area contributed by atoms with Crippen molar-refractivity contribution in [1.82, 2.24) is 10.6 Å². The molecular formula is C12H24N2O2. The third-order valence-corrected chi connectivity index (χ3v) is 2.68. The predicted octanol–water partition coefficient (Wildman–Crippen LogP) is 0.773. The Morgan fingerprint density at radius 1 is 1.38 bits per heavy atom. The zero-order valence-corrected chi connectivity index (χ0v) is 10.8. The summed E-state index contributed by atoms with van der Waals surface area (Å²) < 4.78 is 5.35. The van der Waals surface area contributed by atoms with Crippen LogP contribution in [0.15, 0.2) is 0 Å². The first-order chi connectivity index (χ1) is 7.44. The Hall–Kier alpha value is -0.610. The molecule has 1 saturated heterocycles. The lowest BCUT2D eigenvalue weighted by atomic mass is 9.96. The van der Waals surface area contributed by atoms with Crippen LogP contribution < -0.4 is 10.6 Å². The second-order valence-electron chi connectivity index (χ2n) is 5.59. The minimum atomic E-state index is -0.0395. The molecule has 0 radical (unpaired) electrons. The molecule has 0 bridgehead atoms. The van der Waals surface area contributed by atoms with E-state index in [1.165, 1.54) is 0 Å². The van der Waals surface area contributed by atoms with Crippen molar-refractivity contribution in [2.75, 3.05) is 26.3 Å². The summed E-state index contributed by atoms with van der Waals surface area (Å²) in [6, 6.07) is 0.171. The third kappa shape index (κ3) is 4.10. The van der Waals surface area contributed by atoms with Gasteiger partial charge in [-0.1, -0.05) is 27.7 Å². The number of likely N-dealkylation sites (N-methyl/N-ethyl adjacent to an activating group) is 1. The first-order valence-corrected chi connectivity index (χ1v) is 6.03. The zero-order valence-electron chi connectivity index (χ0n) is 10.8. The van der Waals surface area contributed by atoms with Crippen molar-refractivity contribution < 1.29 is 9.53 Å². The van der Waals surface area contributed by atoms with E-state index >= 15 is 0 Å². The largest absolute Gasteiger partial charge is 0.379 e. The molecule has 0 aromatic carbocycles. The molecule has 4 heteroatoms. The lowest BCUT2D eigenvalue weighted by molar-refractivity contribution is -0.125. The maximum Gasteiger partial charge on any atom is 0.227 e. The maximum atomic E-state index is 11.9. The van der Waals surface area contributed by atoms with Gasteiger partial charge in [0.05, 0.1) is 19.1 Å². The summed E-state index contributed by atoms with van der Waals surface area (Å²) in [6.07, 6.45) is 0. The van der Waals surface area contributed by atoms with Crippen molar-refractivity contribution in [2.24, 2.45) is 11.3 Å². The fourth-order valence-corrected chi connectivity index (χ4v) is 1.76. The Morgan fingerprint density at radius 2 is 2.06 bits per heavy atom. The SMILES string of the molecule is CCNC1COCC1C(=O)NCC(C)(C)C. The Labute approximate surface area is 98.1 Å². The molecule has 2 unspecified atom stereocenters. The molecule has 1 heterocycles. The van der Waals surface area contributed by atoms with Crippen molar-refractivity contribution in [1.29, 1.82) is 0 Å². The molecule has 0 saturated carbocycles. The quantitative estimate of drug-likeness (QED) is 0.747. The molecule has 4 nitrogen and oxygen atoms in total. The Balaban J connectivity index is 2.40. The van der Waals surface area contributed by atoms with Gasteiger partial charge in [0.25, 0.3) is 0 Å². The molecule has 0 aromatic heterocycles. The Morgan fingerprint density at radius 3 is 2.62 bits per heavy atom. The first-order valence-electron chi connectivity index (χ1n) is 6.03. The average Bonchev–Trinajstić information content (AvgIpc) is 2.62. The minimum absolute atomic E-state index is 0.0395. The van der Waals surface area contributed by atoms with Crippen molar-refractivity contribution >= 4 is 5.91 Å². The number of ether oxygens (including phenoxy) is 1. The van der Waals surface area contributed by atoms with Gasteiger partial charge in [-0.15, -0.1) is 0 Å². The standard InChI is InChI=1S/C12H24N2O2/c1-5-13-10-7-16-6-9(10)11(15)14-8-12(2,3)4/h9-10,13H,5-8H2,1-4H3,(H,14,15). The van der Waals surface area contributed by atoms with Crippen LogP contribution in [-0.4, -0.2) is 38.3 Å². The van der Waals surface area contributed by atoms with Crippen LogP contribution in [0.5, 0.6) is 0 Å². The summed E-state index contributed by atoms with van der Waals surface area (Å²) in [5.74, 6) is 0.0701. The highest BCUT2D eigenvalue weighted by molar-refractivity contribution is 5.79. The van der Waals surface area contributed by atoms with Gasteiger partial charge in [-0.05, 0) is 12.0 Å². The molecule has 2 N–H and O–H groups in total. The summed E-state index contributed by atoms with van der Waals surface area (Å²) in [6.45, 7) is 11.1. The monoisotopic (exact) mass is 228 g/mol. The van der Waals surface area contributed by atoms with Gasteiger partial charge in [0.2, 0.25) is 5.91 Å². The van der Waals surface area contributed by atoms with Gasteiger partial charge in [-0.2, -0.15) is 0 Å². The van der Waals surface area contributed by atoms with Gasteiger partial charge in [0.1, 0.15) is 0 Å². The molecule has 0 spiro atoms. The number of carbonyl (C=O) groups excluding carboxylic acids is 1. The number of nitrogens with one attached hydrogen (secondary N) is 2. The summed E-state index contributed by atoms with van der Waals surface area (Å²) in [4.78, 5) is 11.9. The number of carbonyl (C=O) groups is 1. The molecule has 1 amide bonds. The Kier molecular flexibility index (Phi) is 4.74. The Bertz CT molecular complexity index is 236. The number of amides is 1. The highest BCUT2D eigenvalue weighted by Gasteiger charge is 2.33. The number of hydrogen-bond donors (Lipinski definition) is 2.